The molecule has 0 amide bonds. The predicted octanol–water partition coefficient (Wildman–Crippen LogP) is 4.51. The van der Waals surface area contributed by atoms with Gasteiger partial charge in [-0.2, -0.15) is 0 Å². The van der Waals surface area contributed by atoms with Crippen LogP contribution >= 0.6 is 22.6 Å². The average Bonchev–Trinajstić information content (AvgIpc) is 3.42. The normalized spacial score (nSPS) is 24.4. The Labute approximate surface area is 230 Å². The zero-order chi connectivity index (χ0) is 26.0. The monoisotopic (exact) mass is 630 g/mol. The predicted molar refractivity (Wildman–Crippen MR) is 150 cm³/mol. The number of imidazole rings is 1. The summed E-state index contributed by atoms with van der Waals surface area (Å²) in [5.74, 6) is 1.82. The van der Waals surface area contributed by atoms with Gasteiger partial charge < -0.3 is 19.0 Å². The number of halogens is 1. The summed E-state index contributed by atoms with van der Waals surface area (Å²) >= 11 is 2.28. The second kappa shape index (κ2) is 8.59. The number of oxime groups is 1. The van der Waals surface area contributed by atoms with Crippen LogP contribution in [0.1, 0.15) is 30.2 Å². The molecule has 1 unspecified atom stereocenters. The van der Waals surface area contributed by atoms with Crippen molar-refractivity contribution in [2.24, 2.45) is 10.6 Å². The molecule has 192 valence electrons. The minimum atomic E-state index is -3.03. The molecule has 1 atom stereocenters. The van der Waals surface area contributed by atoms with Crippen LogP contribution in [0.5, 0.6) is 5.75 Å². The molecule has 8 nitrogen and oxygen atoms in total. The minimum Gasteiger partial charge on any atom is -0.495 e. The van der Waals surface area contributed by atoms with Crippen LogP contribution in [0.15, 0.2) is 65.7 Å². The highest BCUT2D eigenvalue weighted by Crippen LogP contribution is 2.49. The van der Waals surface area contributed by atoms with Crippen LogP contribution in [0.3, 0.4) is 0 Å². The van der Waals surface area contributed by atoms with E-state index in [0.29, 0.717) is 18.7 Å². The molecule has 1 aromatic heterocycles. The number of hydrogen-bond acceptors (Lipinski definition) is 7. The Hall–Kier alpha value is -2.86. The van der Waals surface area contributed by atoms with E-state index in [4.69, 9.17) is 9.57 Å². The molecule has 0 N–H and O–H groups in total. The maximum absolute atomic E-state index is 12.3. The van der Waals surface area contributed by atoms with Crippen LogP contribution in [-0.2, 0) is 20.4 Å². The maximum Gasteiger partial charge on any atom is 0.234 e. The Balaban J connectivity index is 1.40. The number of benzene rings is 2. The summed E-state index contributed by atoms with van der Waals surface area (Å²) in [5.41, 5.74) is 3.52. The number of ether oxygens (including phenoxy) is 1. The second-order valence-corrected chi connectivity index (χ2v) is 13.6. The Morgan fingerprint density at radius 2 is 1.92 bits per heavy atom. The van der Waals surface area contributed by atoms with E-state index in [-0.39, 0.29) is 16.9 Å². The van der Waals surface area contributed by atoms with Crippen molar-refractivity contribution in [3.8, 4) is 11.4 Å². The number of methoxy groups -OCH3 is 1. The molecular weight excluding hydrogens is 603 g/mol. The quantitative estimate of drug-likeness (QED) is 0.395. The highest BCUT2D eigenvalue weighted by atomic mass is 127. The van der Waals surface area contributed by atoms with E-state index in [1.54, 1.807) is 13.4 Å². The maximum atomic E-state index is 12.3. The first-order valence-corrected chi connectivity index (χ1v) is 14.9. The van der Waals surface area contributed by atoms with Crippen molar-refractivity contribution in [3.05, 3.63) is 81.0 Å². The lowest BCUT2D eigenvalue weighted by Gasteiger charge is -2.50. The zero-order valence-corrected chi connectivity index (χ0v) is 23.8. The van der Waals surface area contributed by atoms with Gasteiger partial charge in [-0.15, -0.1) is 0 Å². The van der Waals surface area contributed by atoms with Crippen molar-refractivity contribution in [3.63, 3.8) is 0 Å². The Morgan fingerprint density at radius 1 is 1.16 bits per heavy atom. The number of sulfone groups is 1. The fraction of sp³-hybridized carbons (Fsp3) is 0.333. The van der Waals surface area contributed by atoms with Crippen molar-refractivity contribution in [2.45, 2.75) is 26.0 Å². The van der Waals surface area contributed by atoms with Crippen LogP contribution < -0.4 is 4.74 Å². The molecule has 0 aliphatic carbocycles. The first kappa shape index (κ1) is 24.5. The molecule has 0 radical (unpaired) electrons. The lowest BCUT2D eigenvalue weighted by Crippen LogP contribution is -2.62. The largest absolute Gasteiger partial charge is 0.495 e. The Kier molecular flexibility index (Phi) is 5.68. The molecule has 37 heavy (non-hydrogen) atoms. The summed E-state index contributed by atoms with van der Waals surface area (Å²) in [5, 5.41) is 4.54. The van der Waals surface area contributed by atoms with E-state index in [0.717, 1.165) is 37.5 Å². The van der Waals surface area contributed by atoms with Crippen LogP contribution in [0.4, 0.5) is 0 Å². The molecule has 1 spiro atoms. The van der Waals surface area contributed by atoms with Crippen molar-refractivity contribution in [1.82, 2.24) is 14.5 Å². The summed E-state index contributed by atoms with van der Waals surface area (Å²) in [4.78, 5) is 12.6. The molecule has 3 aliphatic rings. The molecule has 2 saturated heterocycles. The molecule has 6 rings (SSSR count). The van der Waals surface area contributed by atoms with Gasteiger partial charge >= 0.3 is 0 Å². The first-order chi connectivity index (χ1) is 17.6. The number of hydrogen-bond donors (Lipinski definition) is 0. The van der Waals surface area contributed by atoms with Gasteiger partial charge in [-0.1, -0.05) is 23.4 Å². The standard InChI is InChI=1S/C27H27IN4O4S/c1-18-13-31(17-29-18)23-9-4-19(11-24(23)35-3)10-20-12-27(15-37(33,34)16-27)14-32-25(20)30-36-26(32,2)21-5-7-22(28)8-6-21/h4-11,13,17H,12,14-16H2,1-3H3/b20-10+. The van der Waals surface area contributed by atoms with E-state index in [1.165, 1.54) is 0 Å². The van der Waals surface area contributed by atoms with Gasteiger partial charge in [-0.25, -0.2) is 13.4 Å². The van der Waals surface area contributed by atoms with Gasteiger partial charge in [-0.05, 0) is 77.4 Å². The third-order valence-corrected chi connectivity index (χ3v) is 10.2. The SMILES string of the molecule is COc1cc(/C=C2\CC3(CN4C2=NOC4(C)c2ccc(I)cc2)CS(=O)(=O)C3)ccc1-n1cnc(C)c1. The van der Waals surface area contributed by atoms with E-state index >= 15 is 0 Å². The number of piperidine rings is 1. The molecule has 2 aromatic carbocycles. The van der Waals surface area contributed by atoms with Crippen LogP contribution in [0.25, 0.3) is 11.8 Å². The highest BCUT2D eigenvalue weighted by molar-refractivity contribution is 14.1. The van der Waals surface area contributed by atoms with Crippen LogP contribution in [-0.4, -0.2) is 53.9 Å². The van der Waals surface area contributed by atoms with Crippen molar-refractivity contribution in [2.75, 3.05) is 25.2 Å². The molecule has 0 bridgehead atoms. The van der Waals surface area contributed by atoms with Crippen LogP contribution in [0, 0.1) is 15.9 Å². The molecule has 3 aliphatic heterocycles. The second-order valence-electron chi connectivity index (χ2n) is 10.3. The van der Waals surface area contributed by atoms with Crippen molar-refractivity contribution < 1.29 is 18.0 Å². The smallest absolute Gasteiger partial charge is 0.234 e. The topological polar surface area (TPSA) is 86.0 Å². The number of aryl methyl sites for hydroxylation is 1. The Bertz CT molecular complexity index is 1550. The lowest BCUT2D eigenvalue weighted by molar-refractivity contribution is -0.101. The summed E-state index contributed by atoms with van der Waals surface area (Å²) in [6, 6.07) is 14.2. The number of rotatable bonds is 4. The number of aromatic nitrogens is 2. The summed E-state index contributed by atoms with van der Waals surface area (Å²) in [6.07, 6.45) is 6.41. The zero-order valence-electron chi connectivity index (χ0n) is 20.8. The fourth-order valence-electron chi connectivity index (χ4n) is 5.68. The number of nitrogens with zero attached hydrogens (tertiary/aromatic N) is 4. The Morgan fingerprint density at radius 3 is 2.57 bits per heavy atom. The van der Waals surface area contributed by atoms with E-state index < -0.39 is 15.6 Å². The first-order valence-electron chi connectivity index (χ1n) is 12.0. The van der Waals surface area contributed by atoms with Gasteiger partial charge in [0.2, 0.25) is 5.72 Å². The lowest BCUT2D eigenvalue weighted by atomic mass is 9.78. The van der Waals surface area contributed by atoms with Gasteiger partial charge in [0.15, 0.2) is 15.7 Å². The van der Waals surface area contributed by atoms with E-state index in [9.17, 15) is 8.42 Å². The summed E-state index contributed by atoms with van der Waals surface area (Å²) in [6.45, 7) is 4.52. The third kappa shape index (κ3) is 4.23. The van der Waals surface area contributed by atoms with Gasteiger partial charge in [0.1, 0.15) is 5.75 Å². The van der Waals surface area contributed by atoms with Gasteiger partial charge in [0.25, 0.3) is 0 Å². The molecule has 4 heterocycles. The van der Waals surface area contributed by atoms with Gasteiger partial charge in [-0.3, -0.25) is 0 Å². The van der Waals surface area contributed by atoms with Crippen LogP contribution in [0.2, 0.25) is 0 Å². The highest BCUT2D eigenvalue weighted by Gasteiger charge is 2.58. The summed E-state index contributed by atoms with van der Waals surface area (Å²) in [7, 11) is -1.38. The number of fused-ring (bicyclic) bond motifs is 1. The third-order valence-electron chi connectivity index (χ3n) is 7.39. The van der Waals surface area contributed by atoms with E-state index in [1.807, 2.05) is 67.1 Å². The van der Waals surface area contributed by atoms with Gasteiger partial charge in [0.05, 0.1) is 36.3 Å². The molecule has 10 heteroatoms. The number of amidine groups is 1. The minimum absolute atomic E-state index is 0.173. The van der Waals surface area contributed by atoms with E-state index in [2.05, 4.69) is 43.7 Å². The fourth-order valence-corrected chi connectivity index (χ4v) is 8.21. The van der Waals surface area contributed by atoms with Gasteiger partial charge in [0, 0.05) is 34.2 Å². The molecule has 2 fully saturated rings. The molecule has 3 aromatic rings. The molecular formula is C27H27IN4O4S. The van der Waals surface area contributed by atoms with Crippen molar-refractivity contribution >= 4 is 44.3 Å². The molecule has 0 saturated carbocycles. The average molecular weight is 631 g/mol. The van der Waals surface area contributed by atoms with Crippen molar-refractivity contribution in [1.29, 1.82) is 0 Å². The summed E-state index contributed by atoms with van der Waals surface area (Å²) < 4.78 is 33.4.